The van der Waals surface area contributed by atoms with Gasteiger partial charge in [0.2, 0.25) is 0 Å². The minimum Gasteiger partial charge on any atom is -0.497 e. The highest BCUT2D eigenvalue weighted by Crippen LogP contribution is 2.24. The Morgan fingerprint density at radius 3 is 2.76 bits per heavy atom. The SMILES string of the molecule is COc1ccc(OC)c(/C=N/NC(=O)c2cc3cc(Br)ccc3o2)c1. The lowest BCUT2D eigenvalue weighted by atomic mass is 10.2. The van der Waals surface area contributed by atoms with E-state index in [0.29, 0.717) is 22.6 Å². The first-order chi connectivity index (χ1) is 12.1. The van der Waals surface area contributed by atoms with Crippen LogP contribution in [0.15, 0.2) is 56.5 Å². The molecule has 7 heteroatoms. The van der Waals surface area contributed by atoms with E-state index in [1.165, 1.54) is 6.21 Å². The van der Waals surface area contributed by atoms with Gasteiger partial charge in [-0.15, -0.1) is 0 Å². The number of hydrogen-bond acceptors (Lipinski definition) is 5. The molecule has 3 aromatic rings. The molecule has 0 radical (unpaired) electrons. The van der Waals surface area contributed by atoms with Crippen LogP contribution in [0.1, 0.15) is 16.1 Å². The first-order valence-corrected chi connectivity index (χ1v) is 8.14. The van der Waals surface area contributed by atoms with Gasteiger partial charge in [0.15, 0.2) is 5.76 Å². The van der Waals surface area contributed by atoms with Crippen molar-refractivity contribution < 1.29 is 18.7 Å². The second kappa shape index (κ2) is 7.40. The van der Waals surface area contributed by atoms with Crippen LogP contribution in [-0.4, -0.2) is 26.3 Å². The molecule has 0 unspecified atom stereocenters. The number of benzene rings is 2. The lowest BCUT2D eigenvalue weighted by molar-refractivity contribution is 0.0929. The second-order valence-corrected chi connectivity index (χ2v) is 6.02. The summed E-state index contributed by atoms with van der Waals surface area (Å²) in [5.41, 5.74) is 3.75. The average Bonchev–Trinajstić information content (AvgIpc) is 3.04. The second-order valence-electron chi connectivity index (χ2n) is 5.10. The number of furan rings is 1. The number of fused-ring (bicyclic) bond motifs is 1. The summed E-state index contributed by atoms with van der Waals surface area (Å²) in [4.78, 5) is 12.2. The summed E-state index contributed by atoms with van der Waals surface area (Å²) in [6.07, 6.45) is 1.48. The molecule has 6 nitrogen and oxygen atoms in total. The average molecular weight is 403 g/mol. The first-order valence-electron chi connectivity index (χ1n) is 7.35. The van der Waals surface area contributed by atoms with E-state index in [4.69, 9.17) is 13.9 Å². The molecule has 0 saturated heterocycles. The Labute approximate surface area is 152 Å². The van der Waals surface area contributed by atoms with Gasteiger partial charge in [0, 0.05) is 15.4 Å². The molecule has 2 aromatic carbocycles. The lowest BCUT2D eigenvalue weighted by Crippen LogP contribution is -2.16. The summed E-state index contributed by atoms with van der Waals surface area (Å²) in [6, 6.07) is 12.5. The van der Waals surface area contributed by atoms with Crippen molar-refractivity contribution in [3.8, 4) is 11.5 Å². The molecule has 0 spiro atoms. The van der Waals surface area contributed by atoms with Crippen LogP contribution >= 0.6 is 15.9 Å². The van der Waals surface area contributed by atoms with Gasteiger partial charge in [-0.05, 0) is 42.5 Å². The van der Waals surface area contributed by atoms with Gasteiger partial charge in [-0.25, -0.2) is 5.43 Å². The molecule has 0 fully saturated rings. The number of hydrogen-bond donors (Lipinski definition) is 1. The number of amides is 1. The summed E-state index contributed by atoms with van der Waals surface area (Å²) in [5.74, 6) is 1.03. The van der Waals surface area contributed by atoms with Crippen LogP contribution in [0.5, 0.6) is 11.5 Å². The fourth-order valence-corrected chi connectivity index (χ4v) is 2.66. The van der Waals surface area contributed by atoms with Gasteiger partial charge in [-0.2, -0.15) is 5.10 Å². The zero-order valence-electron chi connectivity index (χ0n) is 13.6. The number of halogens is 1. The van der Waals surface area contributed by atoms with Crippen molar-refractivity contribution in [2.24, 2.45) is 5.10 Å². The highest BCUT2D eigenvalue weighted by molar-refractivity contribution is 9.10. The normalized spacial score (nSPS) is 11.0. The number of nitrogens with one attached hydrogen (secondary N) is 1. The fraction of sp³-hybridized carbons (Fsp3) is 0.111. The van der Waals surface area contributed by atoms with E-state index in [1.54, 1.807) is 44.6 Å². The number of hydrazone groups is 1. The number of carbonyl (C=O) groups is 1. The molecule has 1 heterocycles. The predicted molar refractivity (Wildman–Crippen MR) is 98.5 cm³/mol. The maximum Gasteiger partial charge on any atom is 0.307 e. The van der Waals surface area contributed by atoms with E-state index >= 15 is 0 Å². The monoisotopic (exact) mass is 402 g/mol. The van der Waals surface area contributed by atoms with Gasteiger partial charge in [-0.1, -0.05) is 15.9 Å². The van der Waals surface area contributed by atoms with Gasteiger partial charge in [0.25, 0.3) is 0 Å². The number of methoxy groups -OCH3 is 2. The van der Waals surface area contributed by atoms with Crippen LogP contribution in [0.25, 0.3) is 11.0 Å². The number of nitrogens with zero attached hydrogens (tertiary/aromatic N) is 1. The van der Waals surface area contributed by atoms with Gasteiger partial charge in [-0.3, -0.25) is 4.79 Å². The Balaban J connectivity index is 1.76. The van der Waals surface area contributed by atoms with Crippen LogP contribution in [-0.2, 0) is 0 Å². The van der Waals surface area contributed by atoms with Crippen LogP contribution in [0, 0.1) is 0 Å². The summed E-state index contributed by atoms with van der Waals surface area (Å²) in [7, 11) is 3.13. The van der Waals surface area contributed by atoms with Crippen molar-refractivity contribution in [2.45, 2.75) is 0 Å². The Kier molecular flexibility index (Phi) is 5.04. The zero-order chi connectivity index (χ0) is 17.8. The third-order valence-corrected chi connectivity index (χ3v) is 4.00. The quantitative estimate of drug-likeness (QED) is 0.517. The third-order valence-electron chi connectivity index (χ3n) is 3.51. The molecule has 3 rings (SSSR count). The van der Waals surface area contributed by atoms with Gasteiger partial charge < -0.3 is 13.9 Å². The molecule has 0 saturated carbocycles. The predicted octanol–water partition coefficient (Wildman–Crippen LogP) is 3.98. The molecule has 0 aliphatic rings. The third kappa shape index (κ3) is 3.83. The molecule has 25 heavy (non-hydrogen) atoms. The maximum atomic E-state index is 12.2. The molecule has 1 aromatic heterocycles. The van der Waals surface area contributed by atoms with E-state index < -0.39 is 5.91 Å². The summed E-state index contributed by atoms with van der Waals surface area (Å²) < 4.78 is 16.9. The molecule has 128 valence electrons. The summed E-state index contributed by atoms with van der Waals surface area (Å²) >= 11 is 3.38. The molecule has 0 atom stereocenters. The van der Waals surface area contributed by atoms with Gasteiger partial charge in [0.1, 0.15) is 17.1 Å². The van der Waals surface area contributed by atoms with Crippen LogP contribution < -0.4 is 14.9 Å². The zero-order valence-corrected chi connectivity index (χ0v) is 15.2. The summed E-state index contributed by atoms with van der Waals surface area (Å²) in [6.45, 7) is 0. The lowest BCUT2D eigenvalue weighted by Gasteiger charge is -2.06. The molecule has 0 aliphatic carbocycles. The van der Waals surface area contributed by atoms with Crippen LogP contribution in [0.2, 0.25) is 0 Å². The molecule has 1 amide bonds. The van der Waals surface area contributed by atoms with Gasteiger partial charge in [0.05, 0.1) is 20.4 Å². The molecular weight excluding hydrogens is 388 g/mol. The Bertz CT molecular complexity index is 949. The fourth-order valence-electron chi connectivity index (χ4n) is 2.28. The Morgan fingerprint density at radius 2 is 2.00 bits per heavy atom. The standard InChI is InChI=1S/C18H15BrN2O4/c1-23-14-4-6-15(24-2)12(8-14)10-20-21-18(22)17-9-11-7-13(19)3-5-16(11)25-17/h3-10H,1-2H3,(H,21,22)/b20-10+. The molecular formula is C18H15BrN2O4. The number of rotatable bonds is 5. The smallest absolute Gasteiger partial charge is 0.307 e. The topological polar surface area (TPSA) is 73.1 Å². The highest BCUT2D eigenvalue weighted by Gasteiger charge is 2.12. The van der Waals surface area contributed by atoms with Crippen LogP contribution in [0.3, 0.4) is 0 Å². The van der Waals surface area contributed by atoms with E-state index in [1.807, 2.05) is 12.1 Å². The van der Waals surface area contributed by atoms with Crippen LogP contribution in [0.4, 0.5) is 0 Å². The van der Waals surface area contributed by atoms with Gasteiger partial charge >= 0.3 is 5.91 Å². The highest BCUT2D eigenvalue weighted by atomic mass is 79.9. The largest absolute Gasteiger partial charge is 0.497 e. The first kappa shape index (κ1) is 17.0. The van der Waals surface area contributed by atoms with Crippen molar-refractivity contribution in [1.29, 1.82) is 0 Å². The minimum absolute atomic E-state index is 0.183. The van der Waals surface area contributed by atoms with Crippen molar-refractivity contribution in [2.75, 3.05) is 14.2 Å². The molecule has 0 aliphatic heterocycles. The van der Waals surface area contributed by atoms with E-state index in [-0.39, 0.29) is 5.76 Å². The van der Waals surface area contributed by atoms with Crippen molar-refractivity contribution >= 4 is 39.0 Å². The minimum atomic E-state index is -0.439. The Morgan fingerprint density at radius 1 is 1.16 bits per heavy atom. The molecule has 1 N–H and O–H groups in total. The maximum absolute atomic E-state index is 12.2. The Hall–Kier alpha value is -2.80. The van der Waals surface area contributed by atoms with Crippen molar-refractivity contribution in [1.82, 2.24) is 5.43 Å². The summed E-state index contributed by atoms with van der Waals surface area (Å²) in [5, 5.41) is 4.79. The number of carbonyl (C=O) groups excluding carboxylic acids is 1. The van der Waals surface area contributed by atoms with Crippen molar-refractivity contribution in [3.05, 3.63) is 58.3 Å². The van der Waals surface area contributed by atoms with E-state index in [0.717, 1.165) is 9.86 Å². The van der Waals surface area contributed by atoms with E-state index in [2.05, 4.69) is 26.5 Å². The molecule has 0 bridgehead atoms. The van der Waals surface area contributed by atoms with Crippen molar-refractivity contribution in [3.63, 3.8) is 0 Å². The van der Waals surface area contributed by atoms with E-state index in [9.17, 15) is 4.79 Å². The number of ether oxygens (including phenoxy) is 2.